The highest BCUT2D eigenvalue weighted by Crippen LogP contribution is 2.24. The highest BCUT2D eigenvalue weighted by molar-refractivity contribution is 6.42. The van der Waals surface area contributed by atoms with Gasteiger partial charge in [-0.05, 0) is 68.6 Å². The number of nitrogens with zero attached hydrogens (tertiary/aromatic N) is 1. The third kappa shape index (κ3) is 7.42. The van der Waals surface area contributed by atoms with Crippen LogP contribution in [0.15, 0.2) is 48.5 Å². The zero-order valence-corrected chi connectivity index (χ0v) is 19.0. The van der Waals surface area contributed by atoms with Crippen LogP contribution in [-0.4, -0.2) is 42.5 Å². The van der Waals surface area contributed by atoms with Crippen LogP contribution in [0.2, 0.25) is 10.0 Å². The van der Waals surface area contributed by atoms with Crippen LogP contribution in [0.1, 0.15) is 25.3 Å². The van der Waals surface area contributed by atoms with Gasteiger partial charge in [-0.3, -0.25) is 9.69 Å². The van der Waals surface area contributed by atoms with E-state index < -0.39 is 12.1 Å². The number of benzene rings is 2. The molecule has 0 unspecified atom stereocenters. The largest absolute Gasteiger partial charge is 0.354 e. The minimum atomic E-state index is -0.613. The number of halogens is 2. The summed E-state index contributed by atoms with van der Waals surface area (Å²) in [4.78, 5) is 26.8. The molecule has 31 heavy (non-hydrogen) atoms. The van der Waals surface area contributed by atoms with Crippen molar-refractivity contribution in [3.8, 4) is 0 Å². The summed E-state index contributed by atoms with van der Waals surface area (Å²) in [6, 6.07) is 13.9. The van der Waals surface area contributed by atoms with Crippen molar-refractivity contribution in [1.29, 1.82) is 0 Å². The first-order valence-electron chi connectivity index (χ1n) is 10.5. The van der Waals surface area contributed by atoms with E-state index in [9.17, 15) is 9.59 Å². The first-order chi connectivity index (χ1) is 14.9. The molecule has 2 aromatic rings. The van der Waals surface area contributed by atoms with E-state index in [1.54, 1.807) is 19.1 Å². The van der Waals surface area contributed by atoms with E-state index in [1.807, 2.05) is 36.4 Å². The Labute approximate surface area is 193 Å². The number of nitrogens with one attached hydrogen (secondary N) is 3. The number of hydrogen-bond acceptors (Lipinski definition) is 3. The molecule has 166 valence electrons. The van der Waals surface area contributed by atoms with E-state index in [2.05, 4.69) is 20.9 Å². The van der Waals surface area contributed by atoms with Gasteiger partial charge in [0.1, 0.15) is 6.04 Å². The van der Waals surface area contributed by atoms with E-state index in [1.165, 1.54) is 0 Å². The lowest BCUT2D eigenvalue weighted by atomic mass is 9.96. The zero-order valence-electron chi connectivity index (χ0n) is 17.5. The second-order valence-electron chi connectivity index (χ2n) is 7.90. The molecule has 0 aliphatic carbocycles. The van der Waals surface area contributed by atoms with Crippen LogP contribution < -0.4 is 16.0 Å². The summed E-state index contributed by atoms with van der Waals surface area (Å²) in [6.45, 7) is 5.07. The predicted molar refractivity (Wildman–Crippen MR) is 126 cm³/mol. The zero-order chi connectivity index (χ0) is 22.2. The topological polar surface area (TPSA) is 73.5 Å². The molecule has 3 N–H and O–H groups in total. The van der Waals surface area contributed by atoms with Gasteiger partial charge in [0, 0.05) is 18.8 Å². The third-order valence-corrected chi connectivity index (χ3v) is 6.17. The molecule has 1 heterocycles. The normalized spacial score (nSPS) is 15.8. The number of carbonyl (C=O) groups is 2. The van der Waals surface area contributed by atoms with E-state index in [-0.39, 0.29) is 5.91 Å². The van der Waals surface area contributed by atoms with Gasteiger partial charge in [-0.1, -0.05) is 47.5 Å². The first kappa shape index (κ1) is 23.4. The molecule has 0 radical (unpaired) electrons. The number of rotatable bonds is 7. The molecule has 6 nitrogen and oxygen atoms in total. The lowest BCUT2D eigenvalue weighted by Crippen LogP contribution is -2.48. The Morgan fingerprint density at radius 3 is 2.45 bits per heavy atom. The number of urea groups is 1. The standard InChI is InChI=1S/C23H28Cl2N4O2/c1-16(27-23(31)28-19-5-3-2-4-6-19)22(30)26-14-17-9-11-29(12-10-17)15-18-7-8-20(24)21(25)13-18/h2-8,13,16-17H,9-12,14-15H2,1H3,(H,26,30)(H2,27,28,31)/t16-/m0/s1. The van der Waals surface area contributed by atoms with Gasteiger partial charge >= 0.3 is 6.03 Å². The van der Waals surface area contributed by atoms with Crippen LogP contribution in [0, 0.1) is 5.92 Å². The Morgan fingerprint density at radius 1 is 1.06 bits per heavy atom. The Kier molecular flexibility index (Phi) is 8.58. The SMILES string of the molecule is C[C@H](NC(=O)Nc1ccccc1)C(=O)NCC1CCN(Cc2ccc(Cl)c(Cl)c2)CC1. The maximum atomic E-state index is 12.4. The van der Waals surface area contributed by atoms with Crippen molar-refractivity contribution in [3.63, 3.8) is 0 Å². The molecule has 0 aromatic heterocycles. The van der Waals surface area contributed by atoms with E-state index in [0.717, 1.165) is 38.0 Å². The first-order valence-corrected chi connectivity index (χ1v) is 11.2. The molecule has 3 rings (SSSR count). The summed E-state index contributed by atoms with van der Waals surface area (Å²) < 4.78 is 0. The number of piperidine rings is 1. The average molecular weight is 463 g/mol. The van der Waals surface area contributed by atoms with Crippen LogP contribution in [-0.2, 0) is 11.3 Å². The maximum Gasteiger partial charge on any atom is 0.319 e. The Bertz CT molecular complexity index is 886. The van der Waals surface area contributed by atoms with E-state index >= 15 is 0 Å². The van der Waals surface area contributed by atoms with Crippen LogP contribution in [0.3, 0.4) is 0 Å². The van der Waals surface area contributed by atoms with Gasteiger partial charge in [-0.25, -0.2) is 4.79 Å². The second-order valence-corrected chi connectivity index (χ2v) is 8.71. The molecule has 1 saturated heterocycles. The van der Waals surface area contributed by atoms with Crippen molar-refractivity contribution in [3.05, 3.63) is 64.1 Å². The summed E-state index contributed by atoms with van der Waals surface area (Å²) in [6.07, 6.45) is 2.02. The number of amides is 3. The number of hydrogen-bond donors (Lipinski definition) is 3. The molecule has 0 saturated carbocycles. The van der Waals surface area contributed by atoms with Crippen molar-refractivity contribution in [1.82, 2.24) is 15.5 Å². The summed E-state index contributed by atoms with van der Waals surface area (Å²) in [7, 11) is 0. The van der Waals surface area contributed by atoms with E-state index in [0.29, 0.717) is 28.2 Å². The van der Waals surface area contributed by atoms with Crippen molar-refractivity contribution < 1.29 is 9.59 Å². The second kappa shape index (κ2) is 11.4. The Balaban J connectivity index is 1.35. The van der Waals surface area contributed by atoms with Gasteiger partial charge in [0.2, 0.25) is 5.91 Å². The number of anilines is 1. The van der Waals surface area contributed by atoms with Crippen molar-refractivity contribution in [2.75, 3.05) is 25.0 Å². The minimum absolute atomic E-state index is 0.179. The third-order valence-electron chi connectivity index (χ3n) is 5.43. The molecule has 1 fully saturated rings. The van der Waals surface area contributed by atoms with Crippen LogP contribution in [0.4, 0.5) is 10.5 Å². The van der Waals surface area contributed by atoms with Gasteiger partial charge in [0.25, 0.3) is 0 Å². The number of likely N-dealkylation sites (tertiary alicyclic amines) is 1. The lowest BCUT2D eigenvalue weighted by molar-refractivity contribution is -0.122. The highest BCUT2D eigenvalue weighted by Gasteiger charge is 2.22. The number of para-hydroxylation sites is 1. The fourth-order valence-electron chi connectivity index (χ4n) is 3.59. The van der Waals surface area contributed by atoms with Crippen molar-refractivity contribution in [2.24, 2.45) is 5.92 Å². The van der Waals surface area contributed by atoms with Gasteiger partial charge < -0.3 is 16.0 Å². The molecule has 1 aliphatic heterocycles. The van der Waals surface area contributed by atoms with Crippen LogP contribution in [0.25, 0.3) is 0 Å². The average Bonchev–Trinajstić information content (AvgIpc) is 2.76. The molecular weight excluding hydrogens is 435 g/mol. The summed E-state index contributed by atoms with van der Waals surface area (Å²) in [5, 5.41) is 9.50. The molecule has 3 amide bonds. The van der Waals surface area contributed by atoms with Gasteiger partial charge in [0.15, 0.2) is 0 Å². The lowest BCUT2D eigenvalue weighted by Gasteiger charge is -2.32. The number of carbonyl (C=O) groups excluding carboxylic acids is 2. The van der Waals surface area contributed by atoms with Crippen molar-refractivity contribution >= 4 is 40.8 Å². The van der Waals surface area contributed by atoms with Gasteiger partial charge in [-0.2, -0.15) is 0 Å². The fourth-order valence-corrected chi connectivity index (χ4v) is 3.91. The smallest absolute Gasteiger partial charge is 0.319 e. The van der Waals surface area contributed by atoms with Crippen LogP contribution in [0.5, 0.6) is 0 Å². The summed E-state index contributed by atoms with van der Waals surface area (Å²) in [5.74, 6) is 0.251. The molecular formula is C23H28Cl2N4O2. The molecule has 2 aromatic carbocycles. The van der Waals surface area contributed by atoms with Gasteiger partial charge in [0.05, 0.1) is 10.0 Å². The Morgan fingerprint density at radius 2 is 1.77 bits per heavy atom. The molecule has 0 spiro atoms. The summed E-state index contributed by atoms with van der Waals surface area (Å²) in [5.41, 5.74) is 1.83. The molecule has 1 aliphatic rings. The van der Waals surface area contributed by atoms with Gasteiger partial charge in [-0.15, -0.1) is 0 Å². The van der Waals surface area contributed by atoms with E-state index in [4.69, 9.17) is 23.2 Å². The molecule has 1 atom stereocenters. The quantitative estimate of drug-likeness (QED) is 0.565. The van der Waals surface area contributed by atoms with Crippen LogP contribution >= 0.6 is 23.2 Å². The molecule has 0 bridgehead atoms. The van der Waals surface area contributed by atoms with Crippen molar-refractivity contribution in [2.45, 2.75) is 32.4 Å². The predicted octanol–water partition coefficient (Wildman–Crippen LogP) is 4.53. The highest BCUT2D eigenvalue weighted by atomic mass is 35.5. The monoisotopic (exact) mass is 462 g/mol. The maximum absolute atomic E-state index is 12.4. The summed E-state index contributed by atoms with van der Waals surface area (Å²) >= 11 is 12.1. The minimum Gasteiger partial charge on any atom is -0.354 e. The fraction of sp³-hybridized carbons (Fsp3) is 0.391. The molecule has 8 heteroatoms. The Hall–Kier alpha value is -2.28.